The van der Waals surface area contributed by atoms with E-state index in [1.54, 1.807) is 0 Å². The second-order valence-electron chi connectivity index (χ2n) is 4.49. The Hall–Kier alpha value is -0.120. The fraction of sp³-hybridized carbons (Fsp3) is 1.00. The maximum Gasteiger partial charge on any atom is 0.0975 e. The predicted octanol–water partition coefficient (Wildman–Crippen LogP) is 1.31. The minimum absolute atomic E-state index is 0.392. The Labute approximate surface area is 86.8 Å². The SMILES string of the molecule is CCNCC(C)(O)COC1CCCC1. The quantitative estimate of drug-likeness (QED) is 0.681. The van der Waals surface area contributed by atoms with Crippen molar-refractivity contribution in [3.05, 3.63) is 0 Å². The molecule has 0 heterocycles. The van der Waals surface area contributed by atoms with E-state index in [1.165, 1.54) is 12.8 Å². The molecule has 3 heteroatoms. The van der Waals surface area contributed by atoms with E-state index in [2.05, 4.69) is 5.32 Å². The fourth-order valence-corrected chi connectivity index (χ4v) is 1.80. The molecule has 2 N–H and O–H groups in total. The van der Waals surface area contributed by atoms with Gasteiger partial charge in [0.1, 0.15) is 0 Å². The van der Waals surface area contributed by atoms with E-state index in [0.717, 1.165) is 19.4 Å². The monoisotopic (exact) mass is 201 g/mol. The van der Waals surface area contributed by atoms with Crippen molar-refractivity contribution in [2.24, 2.45) is 0 Å². The minimum atomic E-state index is -0.724. The Kier molecular flexibility index (Phi) is 4.85. The summed E-state index contributed by atoms with van der Waals surface area (Å²) in [5.74, 6) is 0. The van der Waals surface area contributed by atoms with Gasteiger partial charge in [-0.1, -0.05) is 19.8 Å². The molecule has 1 fully saturated rings. The van der Waals surface area contributed by atoms with E-state index >= 15 is 0 Å². The van der Waals surface area contributed by atoms with Crippen LogP contribution in [0.2, 0.25) is 0 Å². The van der Waals surface area contributed by atoms with Gasteiger partial charge in [0, 0.05) is 6.54 Å². The molecule has 0 bridgehead atoms. The van der Waals surface area contributed by atoms with Crippen molar-refractivity contribution in [1.29, 1.82) is 0 Å². The molecule has 0 aromatic heterocycles. The van der Waals surface area contributed by atoms with Crippen LogP contribution >= 0.6 is 0 Å². The zero-order valence-electron chi connectivity index (χ0n) is 9.38. The molecular formula is C11H23NO2. The molecule has 0 aromatic carbocycles. The van der Waals surface area contributed by atoms with Gasteiger partial charge in [0.2, 0.25) is 0 Å². The van der Waals surface area contributed by atoms with Gasteiger partial charge in [0.15, 0.2) is 0 Å². The van der Waals surface area contributed by atoms with Gasteiger partial charge < -0.3 is 15.2 Å². The van der Waals surface area contributed by atoms with Crippen LogP contribution < -0.4 is 5.32 Å². The van der Waals surface area contributed by atoms with Gasteiger partial charge in [-0.3, -0.25) is 0 Å². The summed E-state index contributed by atoms with van der Waals surface area (Å²) >= 11 is 0. The average molecular weight is 201 g/mol. The number of hydrogen-bond donors (Lipinski definition) is 2. The summed E-state index contributed by atoms with van der Waals surface area (Å²) in [6.07, 6.45) is 5.28. The maximum absolute atomic E-state index is 9.92. The Morgan fingerprint density at radius 3 is 2.64 bits per heavy atom. The normalized spacial score (nSPS) is 22.5. The number of nitrogens with one attached hydrogen (secondary N) is 1. The molecule has 1 rings (SSSR count). The van der Waals surface area contributed by atoms with Crippen LogP contribution in [0.1, 0.15) is 39.5 Å². The van der Waals surface area contributed by atoms with Gasteiger partial charge >= 0.3 is 0 Å². The smallest absolute Gasteiger partial charge is 0.0975 e. The zero-order valence-corrected chi connectivity index (χ0v) is 9.38. The minimum Gasteiger partial charge on any atom is -0.386 e. The van der Waals surface area contributed by atoms with Gasteiger partial charge in [0.05, 0.1) is 18.3 Å². The Morgan fingerprint density at radius 2 is 2.07 bits per heavy atom. The Bertz CT molecular complexity index is 153. The summed E-state index contributed by atoms with van der Waals surface area (Å²) in [4.78, 5) is 0. The standard InChI is InChI=1S/C11H23NO2/c1-3-12-8-11(2,13)9-14-10-6-4-5-7-10/h10,12-13H,3-9H2,1-2H3. The third-order valence-electron chi connectivity index (χ3n) is 2.69. The van der Waals surface area contributed by atoms with Crippen molar-refractivity contribution in [1.82, 2.24) is 5.32 Å². The summed E-state index contributed by atoms with van der Waals surface area (Å²) < 4.78 is 5.67. The first-order valence-electron chi connectivity index (χ1n) is 5.69. The van der Waals surface area contributed by atoms with Crippen LogP contribution in [0.3, 0.4) is 0 Å². The summed E-state index contributed by atoms with van der Waals surface area (Å²) in [7, 11) is 0. The van der Waals surface area contributed by atoms with Crippen LogP contribution in [-0.4, -0.2) is 36.5 Å². The lowest BCUT2D eigenvalue weighted by Crippen LogP contribution is -2.42. The van der Waals surface area contributed by atoms with Gasteiger partial charge in [0.25, 0.3) is 0 Å². The molecular weight excluding hydrogens is 178 g/mol. The summed E-state index contributed by atoms with van der Waals surface area (Å²) in [6.45, 7) is 5.80. The molecule has 1 atom stereocenters. The average Bonchev–Trinajstić information content (AvgIpc) is 2.64. The molecule has 0 amide bonds. The molecule has 1 saturated carbocycles. The first-order chi connectivity index (χ1) is 6.64. The van der Waals surface area contributed by atoms with Crippen molar-refractivity contribution < 1.29 is 9.84 Å². The van der Waals surface area contributed by atoms with Gasteiger partial charge in [-0.15, -0.1) is 0 Å². The van der Waals surface area contributed by atoms with E-state index in [-0.39, 0.29) is 0 Å². The van der Waals surface area contributed by atoms with E-state index in [1.807, 2.05) is 13.8 Å². The van der Waals surface area contributed by atoms with Crippen LogP contribution in [0.5, 0.6) is 0 Å². The topological polar surface area (TPSA) is 41.5 Å². The lowest BCUT2D eigenvalue weighted by Gasteiger charge is -2.25. The van der Waals surface area contributed by atoms with Crippen molar-refractivity contribution >= 4 is 0 Å². The van der Waals surface area contributed by atoms with Crippen LogP contribution in [0.25, 0.3) is 0 Å². The highest BCUT2D eigenvalue weighted by atomic mass is 16.5. The number of aliphatic hydroxyl groups is 1. The molecule has 3 nitrogen and oxygen atoms in total. The lowest BCUT2D eigenvalue weighted by molar-refractivity contribution is -0.0592. The molecule has 84 valence electrons. The lowest BCUT2D eigenvalue weighted by atomic mass is 10.1. The van der Waals surface area contributed by atoms with E-state index in [4.69, 9.17) is 4.74 Å². The van der Waals surface area contributed by atoms with Crippen LogP contribution in [0.15, 0.2) is 0 Å². The maximum atomic E-state index is 9.92. The second-order valence-corrected chi connectivity index (χ2v) is 4.49. The molecule has 14 heavy (non-hydrogen) atoms. The third kappa shape index (κ3) is 4.40. The summed E-state index contributed by atoms with van der Waals surface area (Å²) in [6, 6.07) is 0. The molecule has 0 aromatic rings. The number of hydrogen-bond acceptors (Lipinski definition) is 3. The molecule has 1 unspecified atom stereocenters. The van der Waals surface area contributed by atoms with Gasteiger partial charge in [-0.2, -0.15) is 0 Å². The first kappa shape index (κ1) is 12.0. The van der Waals surface area contributed by atoms with E-state index < -0.39 is 5.60 Å². The number of ether oxygens (including phenoxy) is 1. The van der Waals surface area contributed by atoms with Crippen molar-refractivity contribution in [3.8, 4) is 0 Å². The molecule has 1 aliphatic carbocycles. The highest BCUT2D eigenvalue weighted by Crippen LogP contribution is 2.21. The summed E-state index contributed by atoms with van der Waals surface area (Å²) in [5.41, 5.74) is -0.724. The molecule has 1 aliphatic rings. The van der Waals surface area contributed by atoms with E-state index in [0.29, 0.717) is 19.3 Å². The largest absolute Gasteiger partial charge is 0.386 e. The summed E-state index contributed by atoms with van der Waals surface area (Å²) in [5, 5.41) is 13.1. The van der Waals surface area contributed by atoms with E-state index in [9.17, 15) is 5.11 Å². The first-order valence-corrected chi connectivity index (χ1v) is 5.69. The van der Waals surface area contributed by atoms with Crippen molar-refractivity contribution in [2.75, 3.05) is 19.7 Å². The molecule has 0 spiro atoms. The van der Waals surface area contributed by atoms with Crippen LogP contribution in [0.4, 0.5) is 0 Å². The Morgan fingerprint density at radius 1 is 1.43 bits per heavy atom. The fourth-order valence-electron chi connectivity index (χ4n) is 1.80. The highest BCUT2D eigenvalue weighted by molar-refractivity contribution is 4.76. The second kappa shape index (κ2) is 5.69. The zero-order chi connectivity index (χ0) is 10.4. The van der Waals surface area contributed by atoms with Crippen LogP contribution in [0, 0.1) is 0 Å². The highest BCUT2D eigenvalue weighted by Gasteiger charge is 2.23. The van der Waals surface area contributed by atoms with Gasteiger partial charge in [-0.05, 0) is 26.3 Å². The molecule has 0 radical (unpaired) electrons. The molecule has 0 saturated heterocycles. The predicted molar refractivity (Wildman–Crippen MR) is 57.4 cm³/mol. The molecule has 0 aliphatic heterocycles. The van der Waals surface area contributed by atoms with Crippen molar-refractivity contribution in [2.45, 2.75) is 51.2 Å². The van der Waals surface area contributed by atoms with Crippen molar-refractivity contribution in [3.63, 3.8) is 0 Å². The number of likely N-dealkylation sites (N-methyl/N-ethyl adjacent to an activating group) is 1. The number of rotatable bonds is 6. The third-order valence-corrected chi connectivity index (χ3v) is 2.69. The Balaban J connectivity index is 2.14. The van der Waals surface area contributed by atoms with Gasteiger partial charge in [-0.25, -0.2) is 0 Å². The van der Waals surface area contributed by atoms with Crippen LogP contribution in [-0.2, 0) is 4.74 Å².